The van der Waals surface area contributed by atoms with E-state index in [1.807, 2.05) is 0 Å². The van der Waals surface area contributed by atoms with Crippen LogP contribution in [0.25, 0.3) is 0 Å². The number of hydrogen-bond acceptors (Lipinski definition) is 6. The van der Waals surface area contributed by atoms with Crippen molar-refractivity contribution in [2.24, 2.45) is 0 Å². The molecule has 8 nitrogen and oxygen atoms in total. The molecule has 0 aromatic carbocycles. The molecule has 0 aliphatic heterocycles. The van der Waals surface area contributed by atoms with Crippen molar-refractivity contribution in [3.8, 4) is 0 Å². The van der Waals surface area contributed by atoms with Gasteiger partial charge in [-0.3, -0.25) is 0 Å². The SMILES string of the molecule is CCNS(=O)(=O)CCNc1nc(C(=O)O)ccc1N. The van der Waals surface area contributed by atoms with Crippen molar-refractivity contribution >= 4 is 27.5 Å². The van der Waals surface area contributed by atoms with Gasteiger partial charge in [0.2, 0.25) is 10.0 Å². The fourth-order valence-electron chi connectivity index (χ4n) is 1.33. The number of sulfonamides is 1. The van der Waals surface area contributed by atoms with Crippen LogP contribution in [0.15, 0.2) is 12.1 Å². The molecular weight excluding hydrogens is 272 g/mol. The number of anilines is 2. The van der Waals surface area contributed by atoms with Crippen LogP contribution in [-0.2, 0) is 10.0 Å². The summed E-state index contributed by atoms with van der Waals surface area (Å²) in [5, 5.41) is 11.5. The summed E-state index contributed by atoms with van der Waals surface area (Å²) >= 11 is 0. The highest BCUT2D eigenvalue weighted by molar-refractivity contribution is 7.89. The number of aromatic nitrogens is 1. The van der Waals surface area contributed by atoms with Gasteiger partial charge in [-0.1, -0.05) is 6.92 Å². The second-order valence-electron chi connectivity index (χ2n) is 3.68. The highest BCUT2D eigenvalue weighted by Gasteiger charge is 2.11. The molecule has 0 fully saturated rings. The minimum absolute atomic E-state index is 0.0790. The zero-order valence-corrected chi connectivity index (χ0v) is 11.2. The Morgan fingerprint density at radius 3 is 2.74 bits per heavy atom. The fraction of sp³-hybridized carbons (Fsp3) is 0.400. The number of rotatable bonds is 7. The molecule has 0 bridgehead atoms. The van der Waals surface area contributed by atoms with Gasteiger partial charge in [-0.25, -0.2) is 22.9 Å². The van der Waals surface area contributed by atoms with Crippen LogP contribution in [0.2, 0.25) is 0 Å². The Kier molecular flexibility index (Phi) is 5.07. The number of nitrogens with one attached hydrogen (secondary N) is 2. The Bertz CT molecular complexity index is 559. The Morgan fingerprint density at radius 2 is 2.16 bits per heavy atom. The van der Waals surface area contributed by atoms with Crippen LogP contribution in [0, 0.1) is 0 Å². The maximum Gasteiger partial charge on any atom is 0.354 e. The first-order chi connectivity index (χ1) is 8.85. The van der Waals surface area contributed by atoms with Crippen LogP contribution < -0.4 is 15.8 Å². The highest BCUT2D eigenvalue weighted by Crippen LogP contribution is 2.15. The van der Waals surface area contributed by atoms with Crippen molar-refractivity contribution in [2.45, 2.75) is 6.92 Å². The van der Waals surface area contributed by atoms with Crippen LogP contribution >= 0.6 is 0 Å². The van der Waals surface area contributed by atoms with Crippen LogP contribution in [0.5, 0.6) is 0 Å². The Balaban J connectivity index is 2.68. The molecule has 1 aromatic rings. The van der Waals surface area contributed by atoms with Crippen LogP contribution in [0.1, 0.15) is 17.4 Å². The van der Waals surface area contributed by atoms with E-state index in [-0.39, 0.29) is 29.5 Å². The van der Waals surface area contributed by atoms with Crippen molar-refractivity contribution in [3.63, 3.8) is 0 Å². The lowest BCUT2D eigenvalue weighted by molar-refractivity contribution is 0.0690. The number of nitrogens with two attached hydrogens (primary N) is 1. The third-order valence-electron chi connectivity index (χ3n) is 2.17. The molecule has 0 spiro atoms. The second-order valence-corrected chi connectivity index (χ2v) is 5.61. The Hall–Kier alpha value is -1.87. The molecule has 106 valence electrons. The summed E-state index contributed by atoms with van der Waals surface area (Å²) in [5.74, 6) is -1.17. The maximum absolute atomic E-state index is 11.4. The topological polar surface area (TPSA) is 134 Å². The average molecular weight is 288 g/mol. The zero-order chi connectivity index (χ0) is 14.5. The molecule has 1 rings (SSSR count). The van der Waals surface area contributed by atoms with Crippen LogP contribution in [0.4, 0.5) is 11.5 Å². The average Bonchev–Trinajstić information content (AvgIpc) is 2.30. The van der Waals surface area contributed by atoms with E-state index in [2.05, 4.69) is 15.0 Å². The van der Waals surface area contributed by atoms with E-state index in [0.717, 1.165) is 0 Å². The van der Waals surface area contributed by atoms with E-state index in [9.17, 15) is 13.2 Å². The minimum Gasteiger partial charge on any atom is -0.477 e. The van der Waals surface area contributed by atoms with E-state index in [0.29, 0.717) is 6.54 Å². The molecule has 0 unspecified atom stereocenters. The van der Waals surface area contributed by atoms with Gasteiger partial charge in [0.15, 0.2) is 5.69 Å². The molecule has 1 heterocycles. The van der Waals surface area contributed by atoms with E-state index >= 15 is 0 Å². The lowest BCUT2D eigenvalue weighted by Gasteiger charge is -2.09. The van der Waals surface area contributed by atoms with Crippen LogP contribution in [-0.4, -0.2) is 43.3 Å². The number of pyridine rings is 1. The van der Waals surface area contributed by atoms with Crippen molar-refractivity contribution < 1.29 is 18.3 Å². The summed E-state index contributed by atoms with van der Waals surface area (Å²) in [6.45, 7) is 2.08. The fourth-order valence-corrected chi connectivity index (χ4v) is 2.28. The molecular formula is C10H16N4O4S. The number of carboxylic acid groups (broad SMARTS) is 1. The number of aromatic carboxylic acids is 1. The molecule has 0 aliphatic rings. The predicted molar refractivity (Wildman–Crippen MR) is 71.6 cm³/mol. The number of hydrogen-bond donors (Lipinski definition) is 4. The van der Waals surface area contributed by atoms with E-state index in [4.69, 9.17) is 10.8 Å². The number of carbonyl (C=O) groups is 1. The van der Waals surface area contributed by atoms with Gasteiger partial charge < -0.3 is 16.2 Å². The largest absolute Gasteiger partial charge is 0.477 e. The summed E-state index contributed by atoms with van der Waals surface area (Å²) in [4.78, 5) is 14.5. The third kappa shape index (κ3) is 4.72. The summed E-state index contributed by atoms with van der Waals surface area (Å²) in [7, 11) is -3.34. The van der Waals surface area contributed by atoms with E-state index in [1.54, 1.807) is 6.92 Å². The van der Waals surface area contributed by atoms with Gasteiger partial charge >= 0.3 is 5.97 Å². The molecule has 19 heavy (non-hydrogen) atoms. The standard InChI is InChI=1S/C10H16N4O4S/c1-2-13-19(17,18)6-5-12-9-7(11)3-4-8(14-9)10(15)16/h3-4,13H,2,5-6,11H2,1H3,(H,12,14)(H,15,16). The van der Waals surface area contributed by atoms with Gasteiger partial charge in [0.1, 0.15) is 5.82 Å². The summed E-state index contributed by atoms with van der Waals surface area (Å²) in [5.41, 5.74) is 5.71. The first-order valence-corrected chi connectivity index (χ1v) is 7.22. The van der Waals surface area contributed by atoms with Crippen molar-refractivity contribution in [3.05, 3.63) is 17.8 Å². The molecule has 0 saturated carbocycles. The zero-order valence-electron chi connectivity index (χ0n) is 10.4. The van der Waals surface area contributed by atoms with Gasteiger partial charge in [-0.15, -0.1) is 0 Å². The van der Waals surface area contributed by atoms with Crippen LogP contribution in [0.3, 0.4) is 0 Å². The van der Waals surface area contributed by atoms with Crippen molar-refractivity contribution in [1.82, 2.24) is 9.71 Å². The number of carboxylic acids is 1. The molecule has 0 saturated heterocycles. The van der Waals surface area contributed by atoms with Gasteiger partial charge in [-0.05, 0) is 12.1 Å². The Labute approximate surface area is 111 Å². The van der Waals surface area contributed by atoms with Gasteiger partial charge in [0.05, 0.1) is 11.4 Å². The third-order valence-corrected chi connectivity index (χ3v) is 3.64. The molecule has 5 N–H and O–H groups in total. The number of nitrogen functional groups attached to an aromatic ring is 1. The van der Waals surface area contributed by atoms with Crippen molar-refractivity contribution in [1.29, 1.82) is 0 Å². The predicted octanol–water partition coefficient (Wildman–Crippen LogP) is -0.287. The molecule has 0 radical (unpaired) electrons. The van der Waals surface area contributed by atoms with E-state index in [1.165, 1.54) is 12.1 Å². The smallest absolute Gasteiger partial charge is 0.354 e. The van der Waals surface area contributed by atoms with Gasteiger partial charge in [0.25, 0.3) is 0 Å². The monoisotopic (exact) mass is 288 g/mol. The molecule has 0 atom stereocenters. The number of nitrogens with zero attached hydrogens (tertiary/aromatic N) is 1. The van der Waals surface area contributed by atoms with Crippen molar-refractivity contribution in [2.75, 3.05) is 29.9 Å². The maximum atomic E-state index is 11.4. The Morgan fingerprint density at radius 1 is 1.47 bits per heavy atom. The summed E-state index contributed by atoms with van der Waals surface area (Å²) in [6.07, 6.45) is 0. The van der Waals surface area contributed by atoms with Gasteiger partial charge in [-0.2, -0.15) is 0 Å². The summed E-state index contributed by atoms with van der Waals surface area (Å²) in [6, 6.07) is 2.68. The summed E-state index contributed by atoms with van der Waals surface area (Å²) < 4.78 is 25.1. The molecule has 0 amide bonds. The lowest BCUT2D eigenvalue weighted by atomic mass is 10.3. The first kappa shape index (κ1) is 15.2. The molecule has 1 aromatic heterocycles. The van der Waals surface area contributed by atoms with E-state index < -0.39 is 16.0 Å². The quantitative estimate of drug-likeness (QED) is 0.541. The molecule has 9 heteroatoms. The highest BCUT2D eigenvalue weighted by atomic mass is 32.2. The lowest BCUT2D eigenvalue weighted by Crippen LogP contribution is -2.29. The normalized spacial score (nSPS) is 11.2. The molecule has 0 aliphatic carbocycles. The second kappa shape index (κ2) is 6.34. The van der Waals surface area contributed by atoms with Gasteiger partial charge in [0, 0.05) is 13.1 Å². The minimum atomic E-state index is -3.34. The first-order valence-electron chi connectivity index (χ1n) is 5.56.